The number of esters is 1. The third kappa shape index (κ3) is 8.78. The lowest BCUT2D eigenvalue weighted by Gasteiger charge is -2.18. The predicted molar refractivity (Wildman–Crippen MR) is 76.8 cm³/mol. The van der Waals surface area contributed by atoms with Crippen LogP contribution in [-0.2, 0) is 9.53 Å². The molecule has 1 atom stereocenters. The van der Waals surface area contributed by atoms with Crippen LogP contribution in [0, 0.1) is 5.92 Å². The van der Waals surface area contributed by atoms with Gasteiger partial charge in [0.15, 0.2) is 0 Å². The SMILES string of the molecule is CCCCOC(=O)C(SCCCCCF)C(C)C. The minimum atomic E-state index is -0.239. The van der Waals surface area contributed by atoms with Crippen LogP contribution in [0.2, 0.25) is 0 Å². The number of hydrogen-bond donors (Lipinski definition) is 0. The van der Waals surface area contributed by atoms with Gasteiger partial charge in [-0.05, 0) is 30.9 Å². The number of carbonyl (C=O) groups is 1. The molecule has 0 aromatic carbocycles. The highest BCUT2D eigenvalue weighted by atomic mass is 32.2. The average molecular weight is 278 g/mol. The quantitative estimate of drug-likeness (QED) is 0.418. The summed E-state index contributed by atoms with van der Waals surface area (Å²) in [6.07, 6.45) is 4.47. The molecule has 0 fully saturated rings. The fraction of sp³-hybridized carbons (Fsp3) is 0.929. The van der Waals surface area contributed by atoms with Gasteiger partial charge in [0.1, 0.15) is 5.25 Å². The van der Waals surface area contributed by atoms with E-state index in [0.717, 1.165) is 31.4 Å². The summed E-state index contributed by atoms with van der Waals surface area (Å²) >= 11 is 1.65. The van der Waals surface area contributed by atoms with Crippen LogP contribution in [0.5, 0.6) is 0 Å². The molecule has 0 rings (SSSR count). The number of ether oxygens (including phenoxy) is 1. The molecule has 0 aliphatic rings. The normalized spacial score (nSPS) is 12.7. The van der Waals surface area contributed by atoms with Gasteiger partial charge in [-0.1, -0.05) is 33.6 Å². The molecule has 0 heterocycles. The van der Waals surface area contributed by atoms with Crippen molar-refractivity contribution >= 4 is 17.7 Å². The molecule has 2 nitrogen and oxygen atoms in total. The van der Waals surface area contributed by atoms with Gasteiger partial charge in [-0.2, -0.15) is 0 Å². The molecule has 18 heavy (non-hydrogen) atoms. The lowest BCUT2D eigenvalue weighted by molar-refractivity contribution is -0.143. The van der Waals surface area contributed by atoms with Gasteiger partial charge in [-0.25, -0.2) is 0 Å². The van der Waals surface area contributed by atoms with Crippen molar-refractivity contribution in [3.63, 3.8) is 0 Å². The van der Waals surface area contributed by atoms with Gasteiger partial charge in [0.2, 0.25) is 0 Å². The third-order valence-corrected chi connectivity index (χ3v) is 4.28. The lowest BCUT2D eigenvalue weighted by Crippen LogP contribution is -2.26. The van der Waals surface area contributed by atoms with Gasteiger partial charge in [-0.3, -0.25) is 9.18 Å². The first-order chi connectivity index (χ1) is 8.63. The molecule has 108 valence electrons. The Kier molecular flexibility index (Phi) is 11.7. The number of thioether (sulfide) groups is 1. The van der Waals surface area contributed by atoms with Crippen LogP contribution in [0.15, 0.2) is 0 Å². The number of alkyl halides is 1. The minimum Gasteiger partial charge on any atom is -0.465 e. The van der Waals surface area contributed by atoms with Crippen molar-refractivity contribution in [2.45, 2.75) is 58.1 Å². The van der Waals surface area contributed by atoms with Gasteiger partial charge >= 0.3 is 5.97 Å². The monoisotopic (exact) mass is 278 g/mol. The number of carbonyl (C=O) groups excluding carboxylic acids is 1. The van der Waals surface area contributed by atoms with E-state index in [0.29, 0.717) is 13.0 Å². The van der Waals surface area contributed by atoms with Crippen LogP contribution < -0.4 is 0 Å². The molecule has 0 amide bonds. The predicted octanol–water partition coefficient (Wildman–Crippen LogP) is 4.23. The summed E-state index contributed by atoms with van der Waals surface area (Å²) in [7, 11) is 0. The molecular weight excluding hydrogens is 251 g/mol. The summed E-state index contributed by atoms with van der Waals surface area (Å²) in [5, 5.41) is -0.0766. The van der Waals surface area contributed by atoms with Crippen LogP contribution in [-0.4, -0.2) is 30.3 Å². The number of rotatable bonds is 11. The van der Waals surface area contributed by atoms with Gasteiger partial charge < -0.3 is 4.74 Å². The van der Waals surface area contributed by atoms with Gasteiger partial charge in [-0.15, -0.1) is 11.8 Å². The topological polar surface area (TPSA) is 26.3 Å². The Bertz CT molecular complexity index is 210. The number of unbranched alkanes of at least 4 members (excludes halogenated alkanes) is 3. The summed E-state index contributed by atoms with van der Waals surface area (Å²) in [4.78, 5) is 11.9. The molecular formula is C14H27FO2S. The second kappa shape index (κ2) is 11.8. The van der Waals surface area contributed by atoms with E-state index in [4.69, 9.17) is 4.74 Å². The lowest BCUT2D eigenvalue weighted by atomic mass is 10.1. The fourth-order valence-electron chi connectivity index (χ4n) is 1.52. The summed E-state index contributed by atoms with van der Waals surface area (Å²) in [5.74, 6) is 1.10. The van der Waals surface area contributed by atoms with Crippen molar-refractivity contribution in [1.29, 1.82) is 0 Å². The Balaban J connectivity index is 3.86. The number of halogens is 1. The second-order valence-corrected chi connectivity index (χ2v) is 6.06. The highest BCUT2D eigenvalue weighted by Crippen LogP contribution is 2.22. The Labute approximate surface area is 115 Å². The number of hydrogen-bond acceptors (Lipinski definition) is 3. The molecule has 1 unspecified atom stereocenters. The van der Waals surface area contributed by atoms with E-state index < -0.39 is 0 Å². The van der Waals surface area contributed by atoms with Crippen molar-refractivity contribution in [2.75, 3.05) is 19.0 Å². The van der Waals surface area contributed by atoms with E-state index in [1.807, 2.05) is 13.8 Å². The zero-order valence-corrected chi connectivity index (χ0v) is 12.7. The van der Waals surface area contributed by atoms with Crippen molar-refractivity contribution in [3.05, 3.63) is 0 Å². The van der Waals surface area contributed by atoms with Crippen molar-refractivity contribution in [2.24, 2.45) is 5.92 Å². The Morgan fingerprint density at radius 2 is 1.94 bits per heavy atom. The van der Waals surface area contributed by atoms with Crippen LogP contribution in [0.3, 0.4) is 0 Å². The first-order valence-electron chi connectivity index (χ1n) is 6.97. The van der Waals surface area contributed by atoms with E-state index in [1.54, 1.807) is 11.8 Å². The smallest absolute Gasteiger partial charge is 0.319 e. The molecule has 0 aromatic heterocycles. The molecule has 0 radical (unpaired) electrons. The summed E-state index contributed by atoms with van der Waals surface area (Å²) < 4.78 is 17.2. The summed E-state index contributed by atoms with van der Waals surface area (Å²) in [5.41, 5.74) is 0. The maximum absolute atomic E-state index is 11.9. The highest BCUT2D eigenvalue weighted by Gasteiger charge is 2.23. The van der Waals surface area contributed by atoms with E-state index >= 15 is 0 Å². The molecule has 0 saturated carbocycles. The molecule has 0 N–H and O–H groups in total. The fourth-order valence-corrected chi connectivity index (χ4v) is 2.73. The molecule has 0 spiro atoms. The summed E-state index contributed by atoms with van der Waals surface area (Å²) in [6.45, 7) is 6.45. The van der Waals surface area contributed by atoms with Crippen LogP contribution in [0.4, 0.5) is 4.39 Å². The van der Waals surface area contributed by atoms with E-state index in [9.17, 15) is 9.18 Å². The highest BCUT2D eigenvalue weighted by molar-refractivity contribution is 8.00. The van der Waals surface area contributed by atoms with Crippen molar-refractivity contribution in [1.82, 2.24) is 0 Å². The largest absolute Gasteiger partial charge is 0.465 e. The third-order valence-electron chi connectivity index (χ3n) is 2.66. The Morgan fingerprint density at radius 3 is 2.50 bits per heavy atom. The standard InChI is InChI=1S/C14H27FO2S/c1-4-5-10-17-14(16)13(12(2)3)18-11-8-6-7-9-15/h12-13H,4-11H2,1-3H3. The van der Waals surface area contributed by atoms with Crippen LogP contribution >= 0.6 is 11.8 Å². The van der Waals surface area contributed by atoms with Gasteiger partial charge in [0.25, 0.3) is 0 Å². The maximum Gasteiger partial charge on any atom is 0.319 e. The zero-order chi connectivity index (χ0) is 13.8. The first-order valence-corrected chi connectivity index (χ1v) is 8.02. The zero-order valence-electron chi connectivity index (χ0n) is 11.9. The molecule has 4 heteroatoms. The molecule has 0 aromatic rings. The Morgan fingerprint density at radius 1 is 1.22 bits per heavy atom. The van der Waals surface area contributed by atoms with Crippen molar-refractivity contribution < 1.29 is 13.9 Å². The molecule has 0 aliphatic carbocycles. The van der Waals surface area contributed by atoms with E-state index in [2.05, 4.69) is 6.92 Å². The summed E-state index contributed by atoms with van der Waals surface area (Å²) in [6, 6.07) is 0. The molecule has 0 bridgehead atoms. The van der Waals surface area contributed by atoms with Crippen LogP contribution in [0.25, 0.3) is 0 Å². The van der Waals surface area contributed by atoms with Crippen molar-refractivity contribution in [3.8, 4) is 0 Å². The first kappa shape index (κ1) is 17.8. The van der Waals surface area contributed by atoms with Gasteiger partial charge in [0.05, 0.1) is 13.3 Å². The minimum absolute atomic E-state index is 0.0766. The second-order valence-electron chi connectivity index (χ2n) is 4.81. The average Bonchev–Trinajstić information content (AvgIpc) is 2.33. The van der Waals surface area contributed by atoms with Gasteiger partial charge in [0, 0.05) is 0 Å². The molecule has 0 saturated heterocycles. The van der Waals surface area contributed by atoms with E-state index in [1.165, 1.54) is 0 Å². The molecule has 0 aliphatic heterocycles. The van der Waals surface area contributed by atoms with Crippen LogP contribution in [0.1, 0.15) is 52.9 Å². The van der Waals surface area contributed by atoms with E-state index in [-0.39, 0.29) is 23.8 Å². The maximum atomic E-state index is 11.9. The Hall–Kier alpha value is -0.250.